The van der Waals surface area contributed by atoms with Gasteiger partial charge in [0.05, 0.1) is 10.6 Å². The quantitative estimate of drug-likeness (QED) is 0.915. The van der Waals surface area contributed by atoms with E-state index >= 15 is 0 Å². The molecule has 2 heterocycles. The SMILES string of the molecule is CN1CCN(C(C)(C)CNC(=O)c2ccncc2Cl)CC1. The molecule has 0 bridgehead atoms. The van der Waals surface area contributed by atoms with Crippen LogP contribution >= 0.6 is 11.6 Å². The van der Waals surface area contributed by atoms with Gasteiger partial charge in [-0.05, 0) is 27.0 Å². The predicted octanol–water partition coefficient (Wildman–Crippen LogP) is 1.49. The second-order valence-corrected chi connectivity index (χ2v) is 6.55. The Balaban J connectivity index is 1.92. The van der Waals surface area contributed by atoms with E-state index in [-0.39, 0.29) is 11.4 Å². The molecule has 1 saturated heterocycles. The normalized spacial score (nSPS) is 17.7. The molecule has 1 aromatic rings. The summed E-state index contributed by atoms with van der Waals surface area (Å²) in [6.07, 6.45) is 3.06. The summed E-state index contributed by atoms with van der Waals surface area (Å²) in [4.78, 5) is 20.8. The Labute approximate surface area is 131 Å². The number of piperazine rings is 1. The van der Waals surface area contributed by atoms with Crippen molar-refractivity contribution >= 4 is 17.5 Å². The maximum Gasteiger partial charge on any atom is 0.252 e. The highest BCUT2D eigenvalue weighted by Crippen LogP contribution is 2.17. The molecule has 0 spiro atoms. The number of hydrogen-bond acceptors (Lipinski definition) is 4. The van der Waals surface area contributed by atoms with Crippen molar-refractivity contribution in [3.05, 3.63) is 29.0 Å². The van der Waals surface area contributed by atoms with E-state index < -0.39 is 0 Å². The first-order valence-electron chi connectivity index (χ1n) is 7.21. The predicted molar refractivity (Wildman–Crippen MR) is 84.7 cm³/mol. The Morgan fingerprint density at radius 1 is 1.38 bits per heavy atom. The van der Waals surface area contributed by atoms with E-state index in [4.69, 9.17) is 11.6 Å². The van der Waals surface area contributed by atoms with Gasteiger partial charge in [-0.15, -0.1) is 0 Å². The maximum absolute atomic E-state index is 12.2. The van der Waals surface area contributed by atoms with Crippen LogP contribution in [0.25, 0.3) is 0 Å². The molecular weight excluding hydrogens is 288 g/mol. The van der Waals surface area contributed by atoms with Crippen LogP contribution < -0.4 is 5.32 Å². The van der Waals surface area contributed by atoms with E-state index in [0.29, 0.717) is 17.1 Å². The Hall–Kier alpha value is -1.17. The van der Waals surface area contributed by atoms with Gasteiger partial charge < -0.3 is 10.2 Å². The van der Waals surface area contributed by atoms with Crippen LogP contribution in [0.2, 0.25) is 5.02 Å². The second-order valence-electron chi connectivity index (χ2n) is 6.14. The van der Waals surface area contributed by atoms with Gasteiger partial charge in [0.2, 0.25) is 0 Å². The van der Waals surface area contributed by atoms with Crippen molar-refractivity contribution in [1.29, 1.82) is 0 Å². The molecule has 0 aliphatic carbocycles. The van der Waals surface area contributed by atoms with Gasteiger partial charge in [0.1, 0.15) is 0 Å². The van der Waals surface area contributed by atoms with Crippen molar-refractivity contribution in [2.24, 2.45) is 0 Å². The van der Waals surface area contributed by atoms with Gasteiger partial charge in [-0.2, -0.15) is 0 Å². The summed E-state index contributed by atoms with van der Waals surface area (Å²) in [7, 11) is 2.14. The van der Waals surface area contributed by atoms with Crippen LogP contribution in [0.15, 0.2) is 18.5 Å². The number of nitrogens with zero attached hydrogens (tertiary/aromatic N) is 3. The molecule has 5 nitrogen and oxygen atoms in total. The summed E-state index contributed by atoms with van der Waals surface area (Å²) in [6.45, 7) is 9.08. The smallest absolute Gasteiger partial charge is 0.252 e. The minimum absolute atomic E-state index is 0.0730. The first-order chi connectivity index (χ1) is 9.90. The zero-order valence-corrected chi connectivity index (χ0v) is 13.7. The fourth-order valence-electron chi connectivity index (χ4n) is 2.47. The van der Waals surface area contributed by atoms with Crippen LogP contribution in [0.4, 0.5) is 0 Å². The molecule has 1 fully saturated rings. The van der Waals surface area contributed by atoms with Gasteiger partial charge in [0.15, 0.2) is 0 Å². The van der Waals surface area contributed by atoms with Crippen LogP contribution in [0.1, 0.15) is 24.2 Å². The maximum atomic E-state index is 12.2. The van der Waals surface area contributed by atoms with Gasteiger partial charge in [0, 0.05) is 50.7 Å². The highest BCUT2D eigenvalue weighted by Gasteiger charge is 2.29. The third kappa shape index (κ3) is 4.15. The molecule has 0 saturated carbocycles. The van der Waals surface area contributed by atoms with E-state index in [2.05, 4.69) is 41.0 Å². The topological polar surface area (TPSA) is 48.5 Å². The van der Waals surface area contributed by atoms with Crippen molar-refractivity contribution < 1.29 is 4.79 Å². The molecule has 21 heavy (non-hydrogen) atoms. The van der Waals surface area contributed by atoms with Gasteiger partial charge in [-0.25, -0.2) is 0 Å². The fraction of sp³-hybridized carbons (Fsp3) is 0.600. The average Bonchev–Trinajstić information content (AvgIpc) is 2.46. The second kappa shape index (κ2) is 6.73. The lowest BCUT2D eigenvalue weighted by Gasteiger charge is -2.43. The molecule has 0 unspecified atom stereocenters. The first kappa shape index (κ1) is 16.2. The Kier molecular flexibility index (Phi) is 5.19. The Bertz CT molecular complexity index is 498. The summed E-state index contributed by atoms with van der Waals surface area (Å²) < 4.78 is 0. The number of halogens is 1. The van der Waals surface area contributed by atoms with E-state index in [1.807, 2.05) is 0 Å². The molecule has 0 atom stereocenters. The van der Waals surface area contributed by atoms with Crippen molar-refractivity contribution in [1.82, 2.24) is 20.1 Å². The summed E-state index contributed by atoms with van der Waals surface area (Å²) in [5.74, 6) is -0.149. The highest BCUT2D eigenvalue weighted by atomic mass is 35.5. The van der Waals surface area contributed by atoms with Gasteiger partial charge in [-0.1, -0.05) is 11.6 Å². The van der Waals surface area contributed by atoms with E-state index in [9.17, 15) is 4.79 Å². The fourth-order valence-corrected chi connectivity index (χ4v) is 2.68. The highest BCUT2D eigenvalue weighted by molar-refractivity contribution is 6.33. The molecule has 1 aliphatic rings. The number of amides is 1. The van der Waals surface area contributed by atoms with E-state index in [1.54, 1.807) is 12.3 Å². The van der Waals surface area contributed by atoms with Crippen LogP contribution in [0.3, 0.4) is 0 Å². The minimum Gasteiger partial charge on any atom is -0.350 e. The average molecular weight is 311 g/mol. The van der Waals surface area contributed by atoms with Gasteiger partial charge >= 0.3 is 0 Å². The standard InChI is InChI=1S/C15H23ClN4O/c1-15(2,20-8-6-19(3)7-9-20)11-18-14(21)12-4-5-17-10-13(12)16/h4-5,10H,6-9,11H2,1-3H3,(H,18,21). The number of carbonyl (C=O) groups is 1. The van der Waals surface area contributed by atoms with Crippen LogP contribution in [0, 0.1) is 0 Å². The Morgan fingerprint density at radius 2 is 2.05 bits per heavy atom. The largest absolute Gasteiger partial charge is 0.350 e. The van der Waals surface area contributed by atoms with Crippen LogP contribution in [-0.2, 0) is 0 Å². The van der Waals surface area contributed by atoms with Crippen molar-refractivity contribution in [2.75, 3.05) is 39.8 Å². The zero-order valence-electron chi connectivity index (χ0n) is 12.9. The van der Waals surface area contributed by atoms with Crippen molar-refractivity contribution in [3.8, 4) is 0 Å². The minimum atomic E-state index is -0.149. The molecule has 1 amide bonds. The van der Waals surface area contributed by atoms with Crippen LogP contribution in [-0.4, -0.2) is 66.0 Å². The number of likely N-dealkylation sites (N-methyl/N-ethyl adjacent to an activating group) is 1. The van der Waals surface area contributed by atoms with Crippen molar-refractivity contribution in [3.63, 3.8) is 0 Å². The number of carbonyl (C=O) groups excluding carboxylic acids is 1. The summed E-state index contributed by atoms with van der Waals surface area (Å²) in [5.41, 5.74) is 0.400. The van der Waals surface area contributed by atoms with E-state index in [1.165, 1.54) is 6.20 Å². The lowest BCUT2D eigenvalue weighted by atomic mass is 10.0. The molecule has 0 radical (unpaired) electrons. The zero-order chi connectivity index (χ0) is 15.5. The monoisotopic (exact) mass is 310 g/mol. The third-order valence-electron chi connectivity index (χ3n) is 4.06. The lowest BCUT2D eigenvalue weighted by molar-refractivity contribution is 0.0588. The molecule has 0 aromatic carbocycles. The molecule has 6 heteroatoms. The number of hydrogen-bond donors (Lipinski definition) is 1. The van der Waals surface area contributed by atoms with E-state index in [0.717, 1.165) is 26.2 Å². The molecule has 116 valence electrons. The van der Waals surface area contributed by atoms with Gasteiger partial charge in [0.25, 0.3) is 5.91 Å². The number of aromatic nitrogens is 1. The van der Waals surface area contributed by atoms with Crippen LogP contribution in [0.5, 0.6) is 0 Å². The molecule has 1 aliphatic heterocycles. The molecule has 2 rings (SSSR count). The Morgan fingerprint density at radius 3 is 2.67 bits per heavy atom. The van der Waals surface area contributed by atoms with Crippen molar-refractivity contribution in [2.45, 2.75) is 19.4 Å². The number of pyridine rings is 1. The van der Waals surface area contributed by atoms with Gasteiger partial charge in [-0.3, -0.25) is 14.7 Å². The first-order valence-corrected chi connectivity index (χ1v) is 7.59. The molecular formula is C15H23ClN4O. The summed E-state index contributed by atoms with van der Waals surface area (Å²) >= 11 is 5.99. The lowest BCUT2D eigenvalue weighted by Crippen LogP contribution is -2.57. The molecule has 1 N–H and O–H groups in total. The number of rotatable bonds is 4. The third-order valence-corrected chi connectivity index (χ3v) is 4.36. The summed E-state index contributed by atoms with van der Waals surface area (Å²) in [6, 6.07) is 1.64. The molecule has 1 aromatic heterocycles. The summed E-state index contributed by atoms with van der Waals surface area (Å²) in [5, 5.41) is 3.36. The number of nitrogens with one attached hydrogen (secondary N) is 1.